The quantitative estimate of drug-likeness (QED) is 0.316. The molecule has 0 spiro atoms. The number of nitrogens with zero attached hydrogens (tertiary/aromatic N) is 1. The van der Waals surface area contributed by atoms with E-state index in [1.54, 1.807) is 6.08 Å². The summed E-state index contributed by atoms with van der Waals surface area (Å²) in [4.78, 5) is 33.8. The molecule has 7 heteroatoms. The van der Waals surface area contributed by atoms with Crippen LogP contribution in [0.5, 0.6) is 0 Å². The Bertz CT molecular complexity index is 274. The zero-order valence-electron chi connectivity index (χ0n) is 8.94. The number of amides is 3. The predicted molar refractivity (Wildman–Crippen MR) is 58.0 cm³/mol. The molecule has 0 radical (unpaired) electrons. The fraction of sp³-hybridized carbons (Fsp3) is 0.444. The van der Waals surface area contributed by atoms with Crippen LogP contribution < -0.4 is 16.8 Å². The maximum atomic E-state index is 11.5. The topological polar surface area (TPSA) is 119 Å². The molecule has 16 heavy (non-hydrogen) atoms. The molecule has 0 aliphatic heterocycles. The fourth-order valence-corrected chi connectivity index (χ4v) is 1.00. The van der Waals surface area contributed by atoms with Crippen molar-refractivity contribution in [3.8, 4) is 0 Å². The van der Waals surface area contributed by atoms with Gasteiger partial charge in [0, 0.05) is 6.54 Å². The molecule has 3 amide bonds. The Labute approximate surface area is 93.4 Å². The third-order valence-corrected chi connectivity index (χ3v) is 1.61. The number of hydrogen-bond acceptors (Lipinski definition) is 4. The highest BCUT2D eigenvalue weighted by Crippen LogP contribution is 1.88. The molecule has 0 rings (SSSR count). The summed E-state index contributed by atoms with van der Waals surface area (Å²) in [6.07, 6.45) is 1.58. The number of rotatable bonds is 8. The van der Waals surface area contributed by atoms with Gasteiger partial charge < -0.3 is 21.7 Å². The zero-order chi connectivity index (χ0) is 12.6. The standard InChI is InChI=1S/C9H16N4O3/c1-2-3-12-4-9(16)13(5-7(10)14)6-8(11)15/h2,12H,1,3-6H2,(H2,10,14)(H2,11,15). The van der Waals surface area contributed by atoms with E-state index in [1.807, 2.05) is 0 Å². The highest BCUT2D eigenvalue weighted by atomic mass is 16.2. The van der Waals surface area contributed by atoms with Crippen molar-refractivity contribution in [2.45, 2.75) is 0 Å². The first kappa shape index (κ1) is 14.1. The lowest BCUT2D eigenvalue weighted by atomic mass is 10.4. The summed E-state index contributed by atoms with van der Waals surface area (Å²) in [7, 11) is 0. The molecule has 0 bridgehead atoms. The lowest BCUT2D eigenvalue weighted by Crippen LogP contribution is -2.46. The minimum Gasteiger partial charge on any atom is -0.368 e. The van der Waals surface area contributed by atoms with E-state index in [9.17, 15) is 14.4 Å². The van der Waals surface area contributed by atoms with Crippen molar-refractivity contribution in [1.82, 2.24) is 10.2 Å². The number of primary amides is 2. The lowest BCUT2D eigenvalue weighted by Gasteiger charge is -2.19. The average molecular weight is 228 g/mol. The van der Waals surface area contributed by atoms with Gasteiger partial charge in [-0.2, -0.15) is 0 Å². The van der Waals surface area contributed by atoms with Gasteiger partial charge in [-0.05, 0) is 0 Å². The molecule has 0 aromatic carbocycles. The Morgan fingerprint density at radius 1 is 1.19 bits per heavy atom. The molecule has 5 N–H and O–H groups in total. The third kappa shape index (κ3) is 6.55. The van der Waals surface area contributed by atoms with E-state index in [4.69, 9.17) is 11.5 Å². The third-order valence-electron chi connectivity index (χ3n) is 1.61. The molecule has 7 nitrogen and oxygen atoms in total. The normalized spacial score (nSPS) is 9.50. The van der Waals surface area contributed by atoms with Crippen LogP contribution in [0.3, 0.4) is 0 Å². The summed E-state index contributed by atoms with van der Waals surface area (Å²) in [5.41, 5.74) is 9.88. The van der Waals surface area contributed by atoms with E-state index in [-0.39, 0.29) is 19.6 Å². The van der Waals surface area contributed by atoms with Crippen molar-refractivity contribution in [2.24, 2.45) is 11.5 Å². The van der Waals surface area contributed by atoms with E-state index in [2.05, 4.69) is 11.9 Å². The van der Waals surface area contributed by atoms with Gasteiger partial charge in [0.25, 0.3) is 0 Å². The number of carbonyl (C=O) groups excluding carboxylic acids is 3. The average Bonchev–Trinajstić information content (AvgIpc) is 2.15. The second kappa shape index (κ2) is 7.41. The number of nitrogens with one attached hydrogen (secondary N) is 1. The van der Waals surface area contributed by atoms with Crippen molar-refractivity contribution in [3.63, 3.8) is 0 Å². The molecule has 0 aromatic heterocycles. The molecule has 0 aliphatic rings. The summed E-state index contributed by atoms with van der Waals surface area (Å²) >= 11 is 0. The summed E-state index contributed by atoms with van der Waals surface area (Å²) in [6.45, 7) is 3.26. The van der Waals surface area contributed by atoms with Crippen LogP contribution in [0.25, 0.3) is 0 Å². The van der Waals surface area contributed by atoms with Gasteiger partial charge in [-0.25, -0.2) is 0 Å². The SMILES string of the molecule is C=CCNCC(=O)N(CC(N)=O)CC(N)=O. The Morgan fingerprint density at radius 2 is 1.69 bits per heavy atom. The smallest absolute Gasteiger partial charge is 0.237 e. The summed E-state index contributed by atoms with van der Waals surface area (Å²) in [5, 5.41) is 2.75. The number of hydrogen-bond donors (Lipinski definition) is 3. The molecule has 0 unspecified atom stereocenters. The van der Waals surface area contributed by atoms with E-state index in [1.165, 1.54) is 0 Å². The van der Waals surface area contributed by atoms with Gasteiger partial charge in [-0.15, -0.1) is 6.58 Å². The van der Waals surface area contributed by atoms with Gasteiger partial charge in [-0.1, -0.05) is 6.08 Å². The van der Waals surface area contributed by atoms with Crippen molar-refractivity contribution in [2.75, 3.05) is 26.2 Å². The maximum absolute atomic E-state index is 11.5. The van der Waals surface area contributed by atoms with E-state index in [0.717, 1.165) is 4.90 Å². The van der Waals surface area contributed by atoms with Crippen molar-refractivity contribution >= 4 is 17.7 Å². The van der Waals surface area contributed by atoms with Crippen LogP contribution in [0.15, 0.2) is 12.7 Å². The van der Waals surface area contributed by atoms with Crippen LogP contribution >= 0.6 is 0 Å². The molecule has 0 aromatic rings. The van der Waals surface area contributed by atoms with E-state index >= 15 is 0 Å². The van der Waals surface area contributed by atoms with Gasteiger partial charge in [0.2, 0.25) is 17.7 Å². The highest BCUT2D eigenvalue weighted by Gasteiger charge is 2.16. The van der Waals surface area contributed by atoms with E-state index < -0.39 is 17.7 Å². The molecular formula is C9H16N4O3. The molecule has 0 saturated heterocycles. The van der Waals surface area contributed by atoms with Crippen molar-refractivity contribution in [3.05, 3.63) is 12.7 Å². The maximum Gasteiger partial charge on any atom is 0.237 e. The van der Waals surface area contributed by atoms with Gasteiger partial charge >= 0.3 is 0 Å². The minimum absolute atomic E-state index is 0.00736. The zero-order valence-corrected chi connectivity index (χ0v) is 8.94. The van der Waals surface area contributed by atoms with Gasteiger partial charge in [0.15, 0.2) is 0 Å². The number of carbonyl (C=O) groups is 3. The molecule has 0 fully saturated rings. The number of nitrogens with two attached hydrogens (primary N) is 2. The Balaban J connectivity index is 4.25. The second-order valence-electron chi connectivity index (χ2n) is 3.10. The molecule has 90 valence electrons. The van der Waals surface area contributed by atoms with Crippen molar-refractivity contribution < 1.29 is 14.4 Å². The Kier molecular flexibility index (Phi) is 6.53. The van der Waals surface area contributed by atoms with Gasteiger partial charge in [-0.3, -0.25) is 14.4 Å². The predicted octanol–water partition coefficient (Wildman–Crippen LogP) is -2.44. The van der Waals surface area contributed by atoms with Crippen LogP contribution in [0.4, 0.5) is 0 Å². The fourth-order valence-electron chi connectivity index (χ4n) is 1.00. The molecule has 0 heterocycles. The largest absolute Gasteiger partial charge is 0.368 e. The molecule has 0 aliphatic carbocycles. The van der Waals surface area contributed by atoms with Crippen molar-refractivity contribution in [1.29, 1.82) is 0 Å². The second-order valence-corrected chi connectivity index (χ2v) is 3.10. The van der Waals surface area contributed by atoms with Crippen LogP contribution in [0, 0.1) is 0 Å². The minimum atomic E-state index is -0.696. The highest BCUT2D eigenvalue weighted by molar-refractivity contribution is 5.88. The molecule has 0 saturated carbocycles. The summed E-state index contributed by atoms with van der Waals surface area (Å²) in [6, 6.07) is 0. The first-order chi connectivity index (χ1) is 7.47. The summed E-state index contributed by atoms with van der Waals surface area (Å²) < 4.78 is 0. The van der Waals surface area contributed by atoms with Gasteiger partial charge in [0.1, 0.15) is 0 Å². The molecule has 0 atom stereocenters. The van der Waals surface area contributed by atoms with E-state index in [0.29, 0.717) is 6.54 Å². The van der Waals surface area contributed by atoms with Crippen LogP contribution in [-0.2, 0) is 14.4 Å². The first-order valence-electron chi connectivity index (χ1n) is 4.63. The lowest BCUT2D eigenvalue weighted by molar-refractivity contribution is -0.137. The Morgan fingerprint density at radius 3 is 2.06 bits per heavy atom. The monoisotopic (exact) mass is 228 g/mol. The van der Waals surface area contributed by atoms with Gasteiger partial charge in [0.05, 0.1) is 19.6 Å². The first-order valence-corrected chi connectivity index (χ1v) is 4.63. The Hall–Kier alpha value is -1.89. The molecular weight excluding hydrogens is 212 g/mol. The van der Waals surface area contributed by atoms with Crippen LogP contribution in [0.1, 0.15) is 0 Å². The summed E-state index contributed by atoms with van der Waals surface area (Å²) in [5.74, 6) is -1.81. The van der Waals surface area contributed by atoms with Crippen LogP contribution in [0.2, 0.25) is 0 Å². The van der Waals surface area contributed by atoms with Crippen LogP contribution in [-0.4, -0.2) is 48.8 Å².